The van der Waals surface area contributed by atoms with Gasteiger partial charge in [0, 0.05) is 35.7 Å². The van der Waals surface area contributed by atoms with E-state index in [-0.39, 0.29) is 37.1 Å². The van der Waals surface area contributed by atoms with Crippen molar-refractivity contribution in [3.8, 4) is 0 Å². The molecule has 5 heterocycles. The SMILES string of the molecule is COC(=O)c1ccc2c(c1)S(=O)(NC(=O)Nc1c3c(cc4c1CCC4)CCC3)=NC2=O.O=C(Nc1c2c(cc3c1CCC3)CCC2)NS1(=O)=NC(=O)c2ccncc21.O=C(Nc1c2c(cc3c1CCC3)CCC2)NS1(=O)=NC(=O)c2ncccc21. The zero-order valence-electron chi connectivity index (χ0n) is 46.1. The number of pyridine rings is 2. The summed E-state index contributed by atoms with van der Waals surface area (Å²) in [5, 5.41) is 8.74. The number of benzene rings is 4. The second-order valence-electron chi connectivity index (χ2n) is 22.1. The molecular weight excluding hydrogens is 1150 g/mol. The van der Waals surface area contributed by atoms with Crippen LogP contribution in [0.4, 0.5) is 31.4 Å². The van der Waals surface area contributed by atoms with E-state index >= 15 is 0 Å². The smallest absolute Gasteiger partial charge is 0.337 e. The lowest BCUT2D eigenvalue weighted by atomic mass is 9.99. The molecular formula is C60H57N11O11S3. The maximum Gasteiger partial charge on any atom is 0.337 e. The second kappa shape index (κ2) is 21.7. The number of nitrogens with zero attached hydrogens (tertiary/aromatic N) is 5. The molecule has 9 aliphatic rings. The van der Waals surface area contributed by atoms with Gasteiger partial charge in [0.25, 0.3) is 11.8 Å². The summed E-state index contributed by atoms with van der Waals surface area (Å²) in [6, 6.07) is 13.5. The molecule has 3 atom stereocenters. The van der Waals surface area contributed by atoms with E-state index < -0.39 is 71.5 Å². The number of hydrogen-bond acceptors (Lipinski definition) is 13. The second-order valence-corrected chi connectivity index (χ2v) is 27.7. The number of rotatable bonds is 7. The van der Waals surface area contributed by atoms with E-state index in [0.29, 0.717) is 0 Å². The lowest BCUT2D eigenvalue weighted by Gasteiger charge is -2.17. The van der Waals surface area contributed by atoms with Gasteiger partial charge in [0.1, 0.15) is 5.69 Å². The highest BCUT2D eigenvalue weighted by molar-refractivity contribution is 7.93. The van der Waals surface area contributed by atoms with Crippen LogP contribution in [0, 0.1) is 0 Å². The summed E-state index contributed by atoms with van der Waals surface area (Å²) in [6.45, 7) is 0. The van der Waals surface area contributed by atoms with E-state index in [0.717, 1.165) is 144 Å². The summed E-state index contributed by atoms with van der Waals surface area (Å²) in [5.41, 5.74) is 17.7. The Morgan fingerprint density at radius 1 is 0.447 bits per heavy atom. The first-order valence-electron chi connectivity index (χ1n) is 28.3. The van der Waals surface area contributed by atoms with Gasteiger partial charge in [-0.05, 0) is 219 Å². The molecule has 436 valence electrons. The van der Waals surface area contributed by atoms with E-state index in [1.807, 2.05) is 0 Å². The zero-order valence-corrected chi connectivity index (χ0v) is 48.6. The zero-order chi connectivity index (χ0) is 58.9. The number of carbonyl (C=O) groups is 7. The van der Waals surface area contributed by atoms with Gasteiger partial charge in [-0.2, -0.15) is 0 Å². The van der Waals surface area contributed by atoms with Gasteiger partial charge >= 0.3 is 30.0 Å². The molecule has 0 saturated heterocycles. The molecule has 9 amide bonds. The fourth-order valence-electron chi connectivity index (χ4n) is 13.3. The van der Waals surface area contributed by atoms with Crippen molar-refractivity contribution in [1.29, 1.82) is 0 Å². The van der Waals surface area contributed by atoms with Gasteiger partial charge in [0.05, 0.1) is 38.5 Å². The predicted octanol–water partition coefficient (Wildman–Crippen LogP) is 8.72. The van der Waals surface area contributed by atoms with Crippen LogP contribution < -0.4 is 30.1 Å². The summed E-state index contributed by atoms with van der Waals surface area (Å²) in [6.07, 6.45) is 22.2. The Morgan fingerprint density at radius 2 is 0.835 bits per heavy atom. The van der Waals surface area contributed by atoms with Crippen molar-refractivity contribution in [2.24, 2.45) is 13.1 Å². The molecule has 85 heavy (non-hydrogen) atoms. The van der Waals surface area contributed by atoms with E-state index in [1.54, 1.807) is 6.07 Å². The molecule has 4 aromatic carbocycles. The van der Waals surface area contributed by atoms with Crippen molar-refractivity contribution in [2.45, 2.75) is 130 Å². The Hall–Kier alpha value is -8.68. The van der Waals surface area contributed by atoms with Crippen LogP contribution in [-0.4, -0.2) is 71.5 Å². The molecule has 6 N–H and O–H groups in total. The number of ether oxygens (including phenoxy) is 1. The Labute approximate surface area is 489 Å². The van der Waals surface area contributed by atoms with Crippen LogP contribution >= 0.6 is 0 Å². The van der Waals surface area contributed by atoms with Gasteiger partial charge in [-0.3, -0.25) is 19.4 Å². The summed E-state index contributed by atoms with van der Waals surface area (Å²) in [4.78, 5) is 94.5. The average molecular weight is 1200 g/mol. The Morgan fingerprint density at radius 3 is 1.26 bits per heavy atom. The summed E-state index contributed by atoms with van der Waals surface area (Å²) < 4.78 is 62.6. The Balaban J connectivity index is 0.000000119. The highest BCUT2D eigenvalue weighted by Gasteiger charge is 2.36. The van der Waals surface area contributed by atoms with Crippen molar-refractivity contribution in [1.82, 2.24) is 24.1 Å². The number of aromatic nitrogens is 2. The van der Waals surface area contributed by atoms with E-state index in [4.69, 9.17) is 0 Å². The molecule has 15 rings (SSSR count). The number of aryl methyl sites for hydroxylation is 6. The first kappa shape index (κ1) is 55.5. The van der Waals surface area contributed by atoms with Crippen molar-refractivity contribution >= 4 is 88.6 Å². The van der Waals surface area contributed by atoms with Crippen LogP contribution in [0.25, 0.3) is 0 Å². The van der Waals surface area contributed by atoms with Gasteiger partial charge in [0.15, 0.2) is 29.7 Å². The minimum absolute atomic E-state index is 0.0130. The minimum atomic E-state index is -3.57. The molecule has 2 aromatic heterocycles. The van der Waals surface area contributed by atoms with Gasteiger partial charge in [-0.25, -0.2) is 51.0 Å². The van der Waals surface area contributed by atoms with Crippen LogP contribution in [0.15, 0.2) is 101 Å². The van der Waals surface area contributed by atoms with Gasteiger partial charge in [-0.1, -0.05) is 18.2 Å². The molecule has 3 unspecified atom stereocenters. The van der Waals surface area contributed by atoms with Crippen LogP contribution in [-0.2, 0) is 112 Å². The van der Waals surface area contributed by atoms with E-state index in [2.05, 4.69) is 76.1 Å². The number of carbonyl (C=O) groups excluding carboxylic acids is 7. The molecule has 0 spiro atoms. The van der Waals surface area contributed by atoms with Crippen molar-refractivity contribution < 1.29 is 50.9 Å². The lowest BCUT2D eigenvalue weighted by molar-refractivity contribution is 0.0599. The summed E-state index contributed by atoms with van der Waals surface area (Å²) >= 11 is 0. The minimum Gasteiger partial charge on any atom is -0.465 e. The van der Waals surface area contributed by atoms with Crippen LogP contribution in [0.5, 0.6) is 0 Å². The van der Waals surface area contributed by atoms with Crippen LogP contribution in [0.3, 0.4) is 0 Å². The maximum absolute atomic E-state index is 13.4. The Kier molecular flexibility index (Phi) is 14.2. The van der Waals surface area contributed by atoms with Gasteiger partial charge in [-0.15, -0.1) is 13.1 Å². The standard InChI is InChI=1S/C22H21N3O5S.2C19H18N4O3S/c1-30-21(27)14-8-9-17-18(11-14)31(29,24-20(17)26)25-22(28)23-19-15-6-2-4-12(15)10-13-5-3-7-16(13)19;24-18-17-15(8-3-9-20-17)27(26,22-18)23-19(25)21-16-13-6-1-4-11(13)10-12-5-2-7-14(12)16;24-18-15-7-8-20-10-16(15)27(26,22-18)23-19(25)21-17-13-5-1-3-11(13)9-12-4-2-6-14(12)17/h8-11H,2-7H2,1H3,(H2,23,24,25,26,28,29);3,8-10H,1-2,4-7H2,(H2,21,22,23,24,25,26);7-10H,1-6H2,(H2,21,22,23,24,25,26). The molecule has 3 aliphatic heterocycles. The number of fused-ring (bicyclic) bond motifs is 9. The number of esters is 1. The molecule has 0 radical (unpaired) electrons. The number of urea groups is 3. The topological polar surface area (TPSA) is 315 Å². The third-order valence-electron chi connectivity index (χ3n) is 17.0. The third-order valence-corrected chi connectivity index (χ3v) is 22.4. The largest absolute Gasteiger partial charge is 0.465 e. The molecule has 6 aliphatic carbocycles. The molecule has 6 aromatic rings. The molecule has 0 saturated carbocycles. The summed E-state index contributed by atoms with van der Waals surface area (Å²) in [7, 11) is -9.06. The van der Waals surface area contributed by atoms with Gasteiger partial charge in [0.2, 0.25) is 0 Å². The quantitative estimate of drug-likeness (QED) is 0.0816. The maximum atomic E-state index is 13.4. The van der Waals surface area contributed by atoms with Crippen molar-refractivity contribution in [3.05, 3.63) is 162 Å². The normalized spacial score (nSPS) is 21.4. The number of hydrogen-bond donors (Lipinski definition) is 6. The molecule has 25 heteroatoms. The number of nitrogens with one attached hydrogen (secondary N) is 6. The Bertz CT molecular complexity index is 4160. The van der Waals surface area contributed by atoms with Crippen molar-refractivity contribution in [2.75, 3.05) is 23.1 Å². The fraction of sp³-hybridized carbons (Fsp3) is 0.317. The first-order chi connectivity index (χ1) is 41.0. The molecule has 0 fully saturated rings. The predicted molar refractivity (Wildman–Crippen MR) is 314 cm³/mol. The number of methoxy groups -OCH3 is 1. The first-order valence-corrected chi connectivity index (χ1v) is 32.9. The molecule has 0 bridgehead atoms. The monoisotopic (exact) mass is 1200 g/mol. The highest BCUT2D eigenvalue weighted by Crippen LogP contribution is 2.42. The van der Waals surface area contributed by atoms with Gasteiger partial charge < -0.3 is 20.7 Å². The lowest BCUT2D eigenvalue weighted by Crippen LogP contribution is -2.34. The fourth-order valence-corrected chi connectivity index (χ4v) is 18.0. The summed E-state index contributed by atoms with van der Waals surface area (Å²) in [5.74, 6) is -2.60. The average Bonchev–Trinajstić information content (AvgIpc) is 2.55. The van der Waals surface area contributed by atoms with Crippen LogP contribution in [0.2, 0.25) is 0 Å². The van der Waals surface area contributed by atoms with Crippen molar-refractivity contribution in [3.63, 3.8) is 0 Å². The highest BCUT2D eigenvalue weighted by atomic mass is 32.2. The number of anilines is 3. The van der Waals surface area contributed by atoms with Crippen LogP contribution in [0.1, 0.15) is 147 Å². The molecule has 22 nitrogen and oxygen atoms in total. The number of amides is 9. The van der Waals surface area contributed by atoms with E-state index in [1.165, 1.54) is 112 Å². The third kappa shape index (κ3) is 10.1. The van der Waals surface area contributed by atoms with E-state index in [9.17, 15) is 46.2 Å².